The van der Waals surface area contributed by atoms with Gasteiger partial charge in [0.05, 0.1) is 12.7 Å². The molecule has 2 rings (SSSR count). The summed E-state index contributed by atoms with van der Waals surface area (Å²) < 4.78 is 5.88. The molecular weight excluding hydrogens is 328 g/mol. The Morgan fingerprint density at radius 2 is 1.37 bits per heavy atom. The molecular formula is C26H48O. The second-order valence-corrected chi connectivity index (χ2v) is 9.69. The van der Waals surface area contributed by atoms with E-state index in [1.165, 1.54) is 103 Å². The van der Waals surface area contributed by atoms with Crippen LogP contribution in [0.15, 0.2) is 12.7 Å². The van der Waals surface area contributed by atoms with Crippen molar-refractivity contribution in [3.05, 3.63) is 12.7 Å². The van der Waals surface area contributed by atoms with Gasteiger partial charge in [0.25, 0.3) is 0 Å². The summed E-state index contributed by atoms with van der Waals surface area (Å²) >= 11 is 0. The first-order chi connectivity index (χ1) is 13.2. The summed E-state index contributed by atoms with van der Waals surface area (Å²) in [5.41, 5.74) is 0. The van der Waals surface area contributed by atoms with E-state index in [1.807, 2.05) is 6.08 Å². The van der Waals surface area contributed by atoms with Gasteiger partial charge in [-0.2, -0.15) is 0 Å². The highest BCUT2D eigenvalue weighted by molar-refractivity contribution is 4.84. The predicted octanol–water partition coefficient (Wildman–Crippen LogP) is 8.33. The molecule has 0 aliphatic heterocycles. The van der Waals surface area contributed by atoms with Crippen LogP contribution in [-0.2, 0) is 4.74 Å². The fraction of sp³-hybridized carbons (Fsp3) is 0.923. The van der Waals surface area contributed by atoms with Gasteiger partial charge in [-0.3, -0.25) is 0 Å². The standard InChI is InChI=1S/C26H48O/c1-4-6-7-8-9-10-11-12-23-13-15-25(16-14-23)26-19-17-24(18-20-26)22(3)27-21-5-2/h5,22-26H,2,4,6-21H2,1,3H3/t22?,23?,24-,25?,26-. The van der Waals surface area contributed by atoms with Gasteiger partial charge in [-0.25, -0.2) is 0 Å². The Morgan fingerprint density at radius 3 is 1.96 bits per heavy atom. The molecule has 2 aliphatic rings. The van der Waals surface area contributed by atoms with E-state index in [-0.39, 0.29) is 0 Å². The molecule has 0 N–H and O–H groups in total. The molecule has 158 valence electrons. The van der Waals surface area contributed by atoms with Gasteiger partial charge in [-0.05, 0) is 69.1 Å². The van der Waals surface area contributed by atoms with Crippen molar-refractivity contribution in [1.82, 2.24) is 0 Å². The first kappa shape index (κ1) is 23.0. The van der Waals surface area contributed by atoms with Gasteiger partial charge in [0.1, 0.15) is 0 Å². The summed E-state index contributed by atoms with van der Waals surface area (Å²) in [6.45, 7) is 9.06. The quantitative estimate of drug-likeness (QED) is 0.232. The molecule has 0 radical (unpaired) electrons. The van der Waals surface area contributed by atoms with E-state index < -0.39 is 0 Å². The summed E-state index contributed by atoms with van der Waals surface area (Å²) in [4.78, 5) is 0. The minimum atomic E-state index is 0.418. The molecule has 27 heavy (non-hydrogen) atoms. The fourth-order valence-electron chi connectivity index (χ4n) is 5.78. The van der Waals surface area contributed by atoms with Crippen LogP contribution in [0.1, 0.15) is 117 Å². The molecule has 0 amide bonds. The first-order valence-corrected chi connectivity index (χ1v) is 12.5. The molecule has 2 aliphatic carbocycles. The van der Waals surface area contributed by atoms with Crippen LogP contribution in [0.3, 0.4) is 0 Å². The maximum Gasteiger partial charge on any atom is 0.0648 e. The minimum absolute atomic E-state index is 0.418. The summed E-state index contributed by atoms with van der Waals surface area (Å²) in [6, 6.07) is 0. The van der Waals surface area contributed by atoms with Gasteiger partial charge in [0, 0.05) is 0 Å². The average Bonchev–Trinajstić information content (AvgIpc) is 2.72. The molecule has 1 unspecified atom stereocenters. The predicted molar refractivity (Wildman–Crippen MR) is 119 cm³/mol. The lowest BCUT2D eigenvalue weighted by Gasteiger charge is -2.39. The Kier molecular flexibility index (Phi) is 11.8. The van der Waals surface area contributed by atoms with Crippen LogP contribution in [0.25, 0.3) is 0 Å². The van der Waals surface area contributed by atoms with Crippen LogP contribution in [0, 0.1) is 23.7 Å². The van der Waals surface area contributed by atoms with Gasteiger partial charge in [-0.15, -0.1) is 6.58 Å². The van der Waals surface area contributed by atoms with E-state index in [9.17, 15) is 0 Å². The third-order valence-corrected chi connectivity index (χ3v) is 7.73. The number of rotatable bonds is 13. The number of hydrogen-bond acceptors (Lipinski definition) is 1. The average molecular weight is 377 g/mol. The zero-order valence-electron chi connectivity index (χ0n) is 18.6. The molecule has 0 bridgehead atoms. The van der Waals surface area contributed by atoms with Gasteiger partial charge in [-0.1, -0.05) is 77.2 Å². The van der Waals surface area contributed by atoms with Gasteiger partial charge < -0.3 is 4.74 Å². The van der Waals surface area contributed by atoms with E-state index >= 15 is 0 Å². The third-order valence-electron chi connectivity index (χ3n) is 7.73. The molecule has 1 atom stereocenters. The Bertz CT molecular complexity index is 360. The second-order valence-electron chi connectivity index (χ2n) is 9.69. The van der Waals surface area contributed by atoms with Crippen molar-refractivity contribution in [2.75, 3.05) is 6.61 Å². The van der Waals surface area contributed by atoms with Crippen molar-refractivity contribution in [1.29, 1.82) is 0 Å². The molecule has 1 heteroatoms. The largest absolute Gasteiger partial charge is 0.374 e. The highest BCUT2D eigenvalue weighted by atomic mass is 16.5. The lowest BCUT2D eigenvalue weighted by atomic mass is 9.68. The zero-order valence-corrected chi connectivity index (χ0v) is 18.6. The molecule has 1 nitrogen and oxygen atoms in total. The smallest absolute Gasteiger partial charge is 0.0648 e. The van der Waals surface area contributed by atoms with Crippen molar-refractivity contribution in [3.8, 4) is 0 Å². The highest BCUT2D eigenvalue weighted by Crippen LogP contribution is 2.43. The van der Waals surface area contributed by atoms with Crippen molar-refractivity contribution < 1.29 is 4.74 Å². The molecule has 0 aromatic rings. The van der Waals surface area contributed by atoms with E-state index in [2.05, 4.69) is 20.4 Å². The van der Waals surface area contributed by atoms with E-state index in [1.54, 1.807) is 0 Å². The van der Waals surface area contributed by atoms with Crippen LogP contribution >= 0.6 is 0 Å². The topological polar surface area (TPSA) is 9.23 Å². The van der Waals surface area contributed by atoms with E-state index in [0.29, 0.717) is 12.7 Å². The van der Waals surface area contributed by atoms with Crippen molar-refractivity contribution in [3.63, 3.8) is 0 Å². The monoisotopic (exact) mass is 376 g/mol. The normalized spacial score (nSPS) is 30.1. The molecule has 0 aromatic carbocycles. The molecule has 0 aromatic heterocycles. The van der Waals surface area contributed by atoms with Crippen molar-refractivity contribution in [2.45, 2.75) is 123 Å². The van der Waals surface area contributed by atoms with Crippen molar-refractivity contribution >= 4 is 0 Å². The van der Waals surface area contributed by atoms with Crippen LogP contribution in [-0.4, -0.2) is 12.7 Å². The Morgan fingerprint density at radius 1 is 0.815 bits per heavy atom. The lowest BCUT2D eigenvalue weighted by Crippen LogP contribution is -2.30. The molecule has 2 fully saturated rings. The summed E-state index contributed by atoms with van der Waals surface area (Å²) in [6.07, 6.45) is 25.8. The van der Waals surface area contributed by atoms with Crippen LogP contribution in [0.5, 0.6) is 0 Å². The van der Waals surface area contributed by atoms with Gasteiger partial charge >= 0.3 is 0 Å². The fourth-order valence-corrected chi connectivity index (χ4v) is 5.78. The SMILES string of the molecule is C=CCOC(C)[C@H]1CC[C@H](C2CCC(CCCCCCCCC)CC2)CC1. The maximum absolute atomic E-state index is 5.88. The number of unbranched alkanes of at least 4 members (excludes halogenated alkanes) is 6. The molecule has 2 saturated carbocycles. The number of hydrogen-bond donors (Lipinski definition) is 0. The minimum Gasteiger partial charge on any atom is -0.374 e. The first-order valence-electron chi connectivity index (χ1n) is 12.5. The molecule has 0 spiro atoms. The maximum atomic E-state index is 5.88. The highest BCUT2D eigenvalue weighted by Gasteiger charge is 2.32. The number of ether oxygens (including phenoxy) is 1. The zero-order chi connectivity index (χ0) is 19.3. The Hall–Kier alpha value is -0.300. The Balaban J connectivity index is 1.53. The third kappa shape index (κ3) is 8.71. The molecule has 0 heterocycles. The van der Waals surface area contributed by atoms with Crippen molar-refractivity contribution in [2.24, 2.45) is 23.7 Å². The van der Waals surface area contributed by atoms with Gasteiger partial charge in [0.2, 0.25) is 0 Å². The van der Waals surface area contributed by atoms with E-state index in [0.717, 1.165) is 23.7 Å². The molecule has 0 saturated heterocycles. The second kappa shape index (κ2) is 13.8. The van der Waals surface area contributed by atoms with Crippen LogP contribution in [0.2, 0.25) is 0 Å². The van der Waals surface area contributed by atoms with Gasteiger partial charge in [0.15, 0.2) is 0 Å². The van der Waals surface area contributed by atoms with E-state index in [4.69, 9.17) is 4.74 Å². The Labute approximate surface area is 170 Å². The van der Waals surface area contributed by atoms with Crippen LogP contribution in [0.4, 0.5) is 0 Å². The summed E-state index contributed by atoms with van der Waals surface area (Å²) in [5, 5.41) is 0. The summed E-state index contributed by atoms with van der Waals surface area (Å²) in [7, 11) is 0. The van der Waals surface area contributed by atoms with Crippen LogP contribution < -0.4 is 0 Å². The lowest BCUT2D eigenvalue weighted by molar-refractivity contribution is 0.0153. The summed E-state index contributed by atoms with van der Waals surface area (Å²) in [5.74, 6) is 3.91.